The lowest BCUT2D eigenvalue weighted by atomic mass is 10.1. The monoisotopic (exact) mass is 261 g/mol. The number of nitrogens with zero attached hydrogens (tertiary/aromatic N) is 1. The fourth-order valence-corrected chi connectivity index (χ4v) is 2.32. The number of nitrogens with two attached hydrogens (primary N) is 1. The molecule has 1 fully saturated rings. The second kappa shape index (κ2) is 6.68. The van der Waals surface area contributed by atoms with Gasteiger partial charge in [0.05, 0.1) is 0 Å². The maximum Gasteiger partial charge on any atom is 0.265 e. The third kappa shape index (κ3) is 4.04. The number of unbranched alkanes of at least 4 members (excludes halogenated alkanes) is 1. The van der Waals surface area contributed by atoms with Gasteiger partial charge in [-0.1, -0.05) is 25.5 Å². The largest absolute Gasteiger partial charge is 0.296 e. The molecule has 1 aromatic rings. The Hall–Kier alpha value is -1.39. The molecule has 0 atom stereocenters. The van der Waals surface area contributed by atoms with Crippen molar-refractivity contribution < 1.29 is 4.79 Å². The second-order valence-corrected chi connectivity index (χ2v) is 5.23. The van der Waals surface area contributed by atoms with E-state index < -0.39 is 0 Å². The quantitative estimate of drug-likeness (QED) is 0.449. The molecule has 1 aliphatic carbocycles. The first-order chi connectivity index (χ1) is 9.24. The SMILES string of the molecule is CCCCN(Cc1cccc(C(=O)NN)c1)C1CC1. The van der Waals surface area contributed by atoms with Gasteiger partial charge in [0, 0.05) is 18.2 Å². The molecule has 0 unspecified atom stereocenters. The summed E-state index contributed by atoms with van der Waals surface area (Å²) in [6.45, 7) is 4.29. The van der Waals surface area contributed by atoms with Gasteiger partial charge in [-0.05, 0) is 43.5 Å². The zero-order chi connectivity index (χ0) is 13.7. The van der Waals surface area contributed by atoms with Crippen LogP contribution in [0.25, 0.3) is 0 Å². The van der Waals surface area contributed by atoms with Crippen molar-refractivity contribution in [2.75, 3.05) is 6.54 Å². The van der Waals surface area contributed by atoms with E-state index in [0.29, 0.717) is 5.56 Å². The summed E-state index contributed by atoms with van der Waals surface area (Å²) in [5, 5.41) is 0. The Bertz CT molecular complexity index is 429. The number of carbonyl (C=O) groups is 1. The number of nitrogen functional groups attached to an aromatic ring is 1. The summed E-state index contributed by atoms with van der Waals surface area (Å²) in [7, 11) is 0. The van der Waals surface area contributed by atoms with Crippen LogP contribution in [0.2, 0.25) is 0 Å². The van der Waals surface area contributed by atoms with Crippen molar-refractivity contribution in [3.63, 3.8) is 0 Å². The van der Waals surface area contributed by atoms with Crippen LogP contribution in [0.5, 0.6) is 0 Å². The molecule has 0 spiro atoms. The van der Waals surface area contributed by atoms with Gasteiger partial charge in [-0.2, -0.15) is 0 Å². The first-order valence-corrected chi connectivity index (χ1v) is 7.08. The van der Waals surface area contributed by atoms with Crippen LogP contribution in [0.15, 0.2) is 24.3 Å². The molecule has 104 valence electrons. The van der Waals surface area contributed by atoms with E-state index in [1.807, 2.05) is 12.1 Å². The summed E-state index contributed by atoms with van der Waals surface area (Å²) < 4.78 is 0. The minimum absolute atomic E-state index is 0.228. The van der Waals surface area contributed by atoms with Gasteiger partial charge in [0.25, 0.3) is 5.91 Å². The molecule has 3 N–H and O–H groups in total. The first-order valence-electron chi connectivity index (χ1n) is 7.08. The zero-order valence-electron chi connectivity index (χ0n) is 11.6. The smallest absolute Gasteiger partial charge is 0.265 e. The van der Waals surface area contributed by atoms with Gasteiger partial charge < -0.3 is 0 Å². The molecule has 0 saturated heterocycles. The highest BCUT2D eigenvalue weighted by Crippen LogP contribution is 2.28. The van der Waals surface area contributed by atoms with E-state index in [9.17, 15) is 4.79 Å². The lowest BCUT2D eigenvalue weighted by Crippen LogP contribution is -2.30. The van der Waals surface area contributed by atoms with Crippen LogP contribution < -0.4 is 11.3 Å². The summed E-state index contributed by atoms with van der Waals surface area (Å²) in [4.78, 5) is 14.1. The topological polar surface area (TPSA) is 58.4 Å². The van der Waals surface area contributed by atoms with Crippen molar-refractivity contribution >= 4 is 5.91 Å². The number of rotatable bonds is 7. The van der Waals surface area contributed by atoms with E-state index >= 15 is 0 Å². The molecule has 1 aromatic carbocycles. The lowest BCUT2D eigenvalue weighted by molar-refractivity contribution is 0.0953. The van der Waals surface area contributed by atoms with Gasteiger partial charge in [0.2, 0.25) is 0 Å². The van der Waals surface area contributed by atoms with Gasteiger partial charge in [-0.3, -0.25) is 15.1 Å². The summed E-state index contributed by atoms with van der Waals surface area (Å²) in [5.74, 6) is 4.94. The molecular weight excluding hydrogens is 238 g/mol. The van der Waals surface area contributed by atoms with Crippen LogP contribution in [0.3, 0.4) is 0 Å². The summed E-state index contributed by atoms with van der Waals surface area (Å²) in [6, 6.07) is 8.47. The van der Waals surface area contributed by atoms with E-state index in [0.717, 1.165) is 19.1 Å². The van der Waals surface area contributed by atoms with Crippen LogP contribution >= 0.6 is 0 Å². The molecule has 19 heavy (non-hydrogen) atoms. The first kappa shape index (κ1) is 14.0. The van der Waals surface area contributed by atoms with Crippen molar-refractivity contribution in [3.05, 3.63) is 35.4 Å². The van der Waals surface area contributed by atoms with E-state index in [-0.39, 0.29) is 5.91 Å². The molecule has 1 aliphatic rings. The molecule has 0 radical (unpaired) electrons. The number of nitrogens with one attached hydrogen (secondary N) is 1. The molecule has 4 nitrogen and oxygen atoms in total. The third-order valence-electron chi connectivity index (χ3n) is 3.57. The number of benzene rings is 1. The molecule has 1 amide bonds. The molecule has 0 aromatic heterocycles. The maximum atomic E-state index is 11.5. The second-order valence-electron chi connectivity index (χ2n) is 5.23. The molecule has 2 rings (SSSR count). The summed E-state index contributed by atoms with van der Waals surface area (Å²) in [6.07, 6.45) is 5.08. The van der Waals surface area contributed by atoms with Gasteiger partial charge in [-0.25, -0.2) is 5.84 Å². The lowest BCUT2D eigenvalue weighted by Gasteiger charge is -2.22. The van der Waals surface area contributed by atoms with Crippen molar-refractivity contribution in [2.24, 2.45) is 5.84 Å². The predicted molar refractivity (Wildman–Crippen MR) is 76.4 cm³/mol. The zero-order valence-corrected chi connectivity index (χ0v) is 11.6. The Morgan fingerprint density at radius 3 is 2.89 bits per heavy atom. The van der Waals surface area contributed by atoms with Crippen molar-refractivity contribution in [2.45, 2.75) is 45.2 Å². The minimum Gasteiger partial charge on any atom is -0.296 e. The van der Waals surface area contributed by atoms with Crippen molar-refractivity contribution in [1.29, 1.82) is 0 Å². The van der Waals surface area contributed by atoms with E-state index in [2.05, 4.69) is 23.3 Å². The van der Waals surface area contributed by atoms with Gasteiger partial charge >= 0.3 is 0 Å². The van der Waals surface area contributed by atoms with Gasteiger partial charge in [0.15, 0.2) is 0 Å². The molecule has 1 saturated carbocycles. The number of hydrazine groups is 1. The standard InChI is InChI=1S/C15H23N3O/c1-2-3-9-18(14-7-8-14)11-12-5-4-6-13(10-12)15(19)17-16/h4-6,10,14H,2-3,7-9,11,16H2,1H3,(H,17,19). The Labute approximate surface area is 114 Å². The Morgan fingerprint density at radius 2 is 2.26 bits per heavy atom. The fraction of sp³-hybridized carbons (Fsp3) is 0.533. The highest BCUT2D eigenvalue weighted by molar-refractivity contribution is 5.93. The molecule has 4 heteroatoms. The number of hydrogen-bond donors (Lipinski definition) is 2. The molecule has 0 heterocycles. The van der Waals surface area contributed by atoms with Crippen molar-refractivity contribution in [3.8, 4) is 0 Å². The average molecular weight is 261 g/mol. The van der Waals surface area contributed by atoms with E-state index in [1.165, 1.54) is 31.2 Å². The van der Waals surface area contributed by atoms with Crippen LogP contribution in [0.4, 0.5) is 0 Å². The highest BCUT2D eigenvalue weighted by atomic mass is 16.2. The Balaban J connectivity index is 2.01. The highest BCUT2D eigenvalue weighted by Gasteiger charge is 2.28. The maximum absolute atomic E-state index is 11.5. The Morgan fingerprint density at radius 1 is 1.47 bits per heavy atom. The number of carbonyl (C=O) groups excluding carboxylic acids is 1. The van der Waals surface area contributed by atoms with E-state index in [4.69, 9.17) is 5.84 Å². The summed E-state index contributed by atoms with van der Waals surface area (Å²) >= 11 is 0. The normalized spacial score (nSPS) is 14.7. The third-order valence-corrected chi connectivity index (χ3v) is 3.57. The van der Waals surface area contributed by atoms with Crippen LogP contribution in [0, 0.1) is 0 Å². The molecular formula is C15H23N3O. The minimum atomic E-state index is -0.228. The van der Waals surface area contributed by atoms with Gasteiger partial charge in [0.1, 0.15) is 0 Å². The fourth-order valence-electron chi connectivity index (χ4n) is 2.32. The van der Waals surface area contributed by atoms with Crippen LogP contribution in [0.1, 0.15) is 48.5 Å². The van der Waals surface area contributed by atoms with Crippen molar-refractivity contribution in [1.82, 2.24) is 10.3 Å². The Kier molecular flexibility index (Phi) is 4.93. The predicted octanol–water partition coefficient (Wildman–Crippen LogP) is 2.05. The number of amides is 1. The van der Waals surface area contributed by atoms with Crippen LogP contribution in [-0.4, -0.2) is 23.4 Å². The number of hydrogen-bond acceptors (Lipinski definition) is 3. The van der Waals surface area contributed by atoms with Crippen LogP contribution in [-0.2, 0) is 6.54 Å². The molecule has 0 aliphatic heterocycles. The summed E-state index contributed by atoms with van der Waals surface area (Å²) in [5.41, 5.74) is 3.99. The molecule has 0 bridgehead atoms. The van der Waals surface area contributed by atoms with E-state index in [1.54, 1.807) is 6.07 Å². The average Bonchev–Trinajstić information content (AvgIpc) is 3.27. The van der Waals surface area contributed by atoms with Gasteiger partial charge in [-0.15, -0.1) is 0 Å².